The molecule has 5 heteroatoms. The number of benzene rings is 1. The molecule has 1 aliphatic carbocycles. The van der Waals surface area contributed by atoms with Gasteiger partial charge in [0.2, 0.25) is 0 Å². The van der Waals surface area contributed by atoms with Gasteiger partial charge in [0.25, 0.3) is 5.91 Å². The number of amides is 1. The average Bonchev–Trinajstić information content (AvgIpc) is 2.91. The fraction of sp³-hybridized carbons (Fsp3) is 0.312. The number of nitrogens with zero attached hydrogens (tertiary/aromatic N) is 1. The third-order valence-electron chi connectivity index (χ3n) is 3.86. The van der Waals surface area contributed by atoms with Crippen LogP contribution in [0, 0.1) is 0 Å². The number of hydrogen-bond donors (Lipinski definition) is 2. The van der Waals surface area contributed by atoms with E-state index in [9.17, 15) is 9.59 Å². The summed E-state index contributed by atoms with van der Waals surface area (Å²) in [6, 6.07) is 6.58. The number of aliphatic carboxylic acids is 1. The van der Waals surface area contributed by atoms with Crippen LogP contribution in [0.25, 0.3) is 10.9 Å². The molecule has 0 saturated heterocycles. The fourth-order valence-corrected chi connectivity index (χ4v) is 2.80. The van der Waals surface area contributed by atoms with Gasteiger partial charge in [0.15, 0.2) is 0 Å². The van der Waals surface area contributed by atoms with Gasteiger partial charge in [-0.05, 0) is 37.8 Å². The van der Waals surface area contributed by atoms with E-state index in [4.69, 9.17) is 5.11 Å². The van der Waals surface area contributed by atoms with Crippen LogP contribution in [-0.4, -0.2) is 28.0 Å². The van der Waals surface area contributed by atoms with Crippen LogP contribution in [0.4, 0.5) is 0 Å². The minimum atomic E-state index is -1.04. The molecule has 5 nitrogen and oxygen atoms in total. The molecule has 2 aromatic rings. The lowest BCUT2D eigenvalue weighted by atomic mass is 10.0. The number of pyridine rings is 1. The third kappa shape index (κ3) is 2.35. The zero-order valence-electron chi connectivity index (χ0n) is 11.7. The summed E-state index contributed by atoms with van der Waals surface area (Å²) in [6.45, 7) is 1.46. The lowest BCUT2D eigenvalue weighted by Crippen LogP contribution is -2.38. The number of aromatic nitrogens is 1. The second-order valence-electron chi connectivity index (χ2n) is 5.32. The summed E-state index contributed by atoms with van der Waals surface area (Å²) in [5.41, 5.74) is 3.29. The molecule has 1 aromatic heterocycles. The van der Waals surface area contributed by atoms with Crippen molar-refractivity contribution in [1.29, 1.82) is 0 Å². The number of aryl methyl sites for hydroxylation is 1. The predicted molar refractivity (Wildman–Crippen MR) is 78.3 cm³/mol. The summed E-state index contributed by atoms with van der Waals surface area (Å²) in [6.07, 6.45) is 2.67. The molecule has 108 valence electrons. The minimum absolute atomic E-state index is 0.332. The van der Waals surface area contributed by atoms with Gasteiger partial charge >= 0.3 is 5.97 Å². The Morgan fingerprint density at radius 1 is 1.29 bits per heavy atom. The first-order valence-electron chi connectivity index (χ1n) is 7.02. The van der Waals surface area contributed by atoms with Crippen molar-refractivity contribution in [2.24, 2.45) is 0 Å². The lowest BCUT2D eigenvalue weighted by molar-refractivity contribution is -0.138. The van der Waals surface area contributed by atoms with Gasteiger partial charge < -0.3 is 10.4 Å². The molecule has 1 aromatic carbocycles. The van der Waals surface area contributed by atoms with Crippen molar-refractivity contribution in [1.82, 2.24) is 10.3 Å². The Hall–Kier alpha value is -2.43. The summed E-state index contributed by atoms with van der Waals surface area (Å²) in [7, 11) is 0. The summed E-state index contributed by atoms with van der Waals surface area (Å²) in [5, 5.41) is 12.3. The van der Waals surface area contributed by atoms with Crippen molar-refractivity contribution in [3.63, 3.8) is 0 Å². The summed E-state index contributed by atoms with van der Waals surface area (Å²) >= 11 is 0. The second kappa shape index (κ2) is 5.16. The zero-order chi connectivity index (χ0) is 15.0. The number of rotatable bonds is 3. The smallest absolute Gasteiger partial charge is 0.325 e. The van der Waals surface area contributed by atoms with Crippen molar-refractivity contribution in [3.05, 3.63) is 41.1 Å². The first kappa shape index (κ1) is 13.5. The van der Waals surface area contributed by atoms with Gasteiger partial charge in [-0.3, -0.25) is 14.6 Å². The first-order chi connectivity index (χ1) is 10.1. The monoisotopic (exact) mass is 284 g/mol. The molecule has 0 spiro atoms. The Balaban J connectivity index is 2.12. The number of carboxylic acid groups (broad SMARTS) is 1. The van der Waals surface area contributed by atoms with Crippen LogP contribution in [0.15, 0.2) is 24.3 Å². The highest BCUT2D eigenvalue weighted by atomic mass is 16.4. The normalized spacial score (nSPS) is 14.7. The Labute approximate surface area is 122 Å². The molecular weight excluding hydrogens is 268 g/mol. The first-order valence-corrected chi connectivity index (χ1v) is 7.02. The second-order valence-corrected chi connectivity index (χ2v) is 5.32. The molecule has 1 heterocycles. The van der Waals surface area contributed by atoms with Crippen molar-refractivity contribution in [2.75, 3.05) is 0 Å². The Morgan fingerprint density at radius 2 is 2.05 bits per heavy atom. The predicted octanol–water partition coefficient (Wildman–Crippen LogP) is 1.93. The third-order valence-corrected chi connectivity index (χ3v) is 3.86. The molecule has 0 aliphatic heterocycles. The van der Waals surface area contributed by atoms with E-state index in [1.807, 2.05) is 24.3 Å². The summed E-state index contributed by atoms with van der Waals surface area (Å²) < 4.78 is 0. The molecule has 21 heavy (non-hydrogen) atoms. The van der Waals surface area contributed by atoms with Crippen LogP contribution < -0.4 is 5.32 Å². The van der Waals surface area contributed by atoms with Crippen molar-refractivity contribution in [3.8, 4) is 0 Å². The molecule has 0 bridgehead atoms. The number of nitrogens with one attached hydrogen (secondary N) is 1. The van der Waals surface area contributed by atoms with Gasteiger partial charge in [-0.25, -0.2) is 0 Å². The molecule has 0 saturated carbocycles. The van der Waals surface area contributed by atoms with Gasteiger partial charge in [0.05, 0.1) is 11.1 Å². The zero-order valence-corrected chi connectivity index (χ0v) is 11.7. The van der Waals surface area contributed by atoms with Crippen molar-refractivity contribution < 1.29 is 14.7 Å². The van der Waals surface area contributed by atoms with E-state index in [0.717, 1.165) is 41.4 Å². The van der Waals surface area contributed by atoms with E-state index in [1.165, 1.54) is 6.92 Å². The quantitative estimate of drug-likeness (QED) is 0.902. The number of para-hydroxylation sites is 1. The molecule has 1 atom stereocenters. The van der Waals surface area contributed by atoms with Gasteiger partial charge in [0, 0.05) is 11.1 Å². The fourth-order valence-electron chi connectivity index (χ4n) is 2.80. The van der Waals surface area contributed by atoms with E-state index in [0.29, 0.717) is 5.56 Å². The number of carbonyl (C=O) groups is 2. The molecule has 3 rings (SSSR count). The van der Waals surface area contributed by atoms with Gasteiger partial charge in [-0.2, -0.15) is 0 Å². The number of carboxylic acids is 1. The highest BCUT2D eigenvalue weighted by Crippen LogP contribution is 2.29. The molecule has 2 N–H and O–H groups in total. The SMILES string of the molecule is CC(NC(=O)c1c2c(nc3ccccc13)CCC2)C(=O)O. The van der Waals surface area contributed by atoms with E-state index >= 15 is 0 Å². The van der Waals surface area contributed by atoms with Crippen LogP contribution in [0.1, 0.15) is 35.0 Å². The molecular formula is C16H16N2O3. The minimum Gasteiger partial charge on any atom is -0.480 e. The standard InChI is InChI=1S/C16H16N2O3/c1-9(16(20)21)17-15(19)14-10-5-2-3-7-12(10)18-13-8-4-6-11(13)14/h2-3,5,7,9H,4,6,8H2,1H3,(H,17,19)(H,20,21). The van der Waals surface area contributed by atoms with Gasteiger partial charge in [0.1, 0.15) is 6.04 Å². The summed E-state index contributed by atoms with van der Waals surface area (Å²) in [5.74, 6) is -1.37. The Morgan fingerprint density at radius 3 is 2.81 bits per heavy atom. The maximum Gasteiger partial charge on any atom is 0.325 e. The van der Waals surface area contributed by atoms with Crippen LogP contribution in [0.2, 0.25) is 0 Å². The van der Waals surface area contributed by atoms with Crippen LogP contribution in [-0.2, 0) is 17.6 Å². The average molecular weight is 284 g/mol. The highest BCUT2D eigenvalue weighted by molar-refractivity contribution is 6.08. The van der Waals surface area contributed by atoms with E-state index in [2.05, 4.69) is 10.3 Å². The van der Waals surface area contributed by atoms with Crippen LogP contribution >= 0.6 is 0 Å². The topological polar surface area (TPSA) is 79.3 Å². The number of fused-ring (bicyclic) bond motifs is 2. The highest BCUT2D eigenvalue weighted by Gasteiger charge is 2.25. The number of hydrogen-bond acceptors (Lipinski definition) is 3. The van der Waals surface area contributed by atoms with Crippen LogP contribution in [0.5, 0.6) is 0 Å². The van der Waals surface area contributed by atoms with E-state index < -0.39 is 12.0 Å². The molecule has 1 aliphatic rings. The Kier molecular flexibility index (Phi) is 3.33. The van der Waals surface area contributed by atoms with E-state index in [1.54, 1.807) is 0 Å². The molecule has 0 radical (unpaired) electrons. The Bertz CT molecular complexity index is 740. The van der Waals surface area contributed by atoms with Crippen molar-refractivity contribution >= 4 is 22.8 Å². The molecule has 0 fully saturated rings. The maximum atomic E-state index is 12.5. The van der Waals surface area contributed by atoms with Crippen molar-refractivity contribution in [2.45, 2.75) is 32.2 Å². The maximum absolute atomic E-state index is 12.5. The van der Waals surface area contributed by atoms with Crippen LogP contribution in [0.3, 0.4) is 0 Å². The molecule has 1 amide bonds. The van der Waals surface area contributed by atoms with Gasteiger partial charge in [-0.15, -0.1) is 0 Å². The molecule has 1 unspecified atom stereocenters. The van der Waals surface area contributed by atoms with E-state index in [-0.39, 0.29) is 5.91 Å². The lowest BCUT2D eigenvalue weighted by Gasteiger charge is -2.14. The largest absolute Gasteiger partial charge is 0.480 e. The number of carbonyl (C=O) groups excluding carboxylic acids is 1. The summed E-state index contributed by atoms with van der Waals surface area (Å²) in [4.78, 5) is 28.1. The van der Waals surface area contributed by atoms with Gasteiger partial charge in [-0.1, -0.05) is 18.2 Å².